The van der Waals surface area contributed by atoms with Gasteiger partial charge in [0.2, 0.25) is 12.3 Å². The molecule has 2 N–H and O–H groups in total. The number of aliphatic hydroxyl groups excluding tert-OH is 1. The summed E-state index contributed by atoms with van der Waals surface area (Å²) in [6, 6.07) is 12.2. The molecule has 9 nitrogen and oxygen atoms in total. The Labute approximate surface area is 192 Å². The van der Waals surface area contributed by atoms with Gasteiger partial charge >= 0.3 is 6.36 Å². The van der Waals surface area contributed by atoms with E-state index in [1.165, 1.54) is 47.1 Å². The van der Waals surface area contributed by atoms with E-state index < -0.39 is 24.5 Å². The number of alkyl halides is 3. The van der Waals surface area contributed by atoms with E-state index in [1.807, 2.05) is 0 Å². The number of rotatable bonds is 5. The number of carbonyl (C=O) groups excluding carboxylic acids is 2. The monoisotopic (exact) mass is 475 g/mol. The molecular weight excluding hydrogens is 455 g/mol. The Hall–Kier alpha value is -4.06. The van der Waals surface area contributed by atoms with Crippen LogP contribution in [-0.4, -0.2) is 58.2 Å². The molecule has 1 atom stereocenters. The predicted molar refractivity (Wildman–Crippen MR) is 116 cm³/mol. The van der Waals surface area contributed by atoms with E-state index in [-0.39, 0.29) is 23.8 Å². The fraction of sp³-hybridized carbons (Fsp3) is 0.227. The van der Waals surface area contributed by atoms with Crippen molar-refractivity contribution in [2.24, 2.45) is 0 Å². The van der Waals surface area contributed by atoms with Crippen molar-refractivity contribution in [2.75, 3.05) is 24.3 Å². The molecule has 0 spiro atoms. The van der Waals surface area contributed by atoms with Gasteiger partial charge in [-0.2, -0.15) is 0 Å². The van der Waals surface area contributed by atoms with Crippen LogP contribution in [0.1, 0.15) is 10.5 Å². The molecule has 4 rings (SSSR count). The summed E-state index contributed by atoms with van der Waals surface area (Å²) in [6.07, 6.45) is -4.54. The van der Waals surface area contributed by atoms with Gasteiger partial charge in [0.1, 0.15) is 12.3 Å². The highest BCUT2D eigenvalue weighted by molar-refractivity contribution is 6.00. The van der Waals surface area contributed by atoms with E-state index in [2.05, 4.69) is 15.0 Å². The van der Waals surface area contributed by atoms with E-state index in [0.29, 0.717) is 11.3 Å². The van der Waals surface area contributed by atoms with Crippen LogP contribution in [0.4, 0.5) is 24.7 Å². The van der Waals surface area contributed by atoms with Crippen LogP contribution >= 0.6 is 0 Å². The Morgan fingerprint density at radius 1 is 1.06 bits per heavy atom. The lowest BCUT2D eigenvalue weighted by atomic mass is 10.1. The van der Waals surface area contributed by atoms with Gasteiger partial charge in [0, 0.05) is 19.8 Å². The first-order valence-electron chi connectivity index (χ1n) is 10.0. The molecule has 2 aromatic carbocycles. The minimum Gasteiger partial charge on any atom is -0.406 e. The van der Waals surface area contributed by atoms with Gasteiger partial charge in [-0.05, 0) is 35.4 Å². The van der Waals surface area contributed by atoms with E-state index >= 15 is 0 Å². The lowest BCUT2D eigenvalue weighted by Crippen LogP contribution is -2.52. The number of fused-ring (bicyclic) bond motifs is 1. The fourth-order valence-corrected chi connectivity index (χ4v) is 3.56. The van der Waals surface area contributed by atoms with E-state index in [1.54, 1.807) is 31.3 Å². The number of benzene rings is 2. The molecular formula is C22H20F3N5O4. The number of hydrogen-bond acceptors (Lipinski definition) is 6. The summed E-state index contributed by atoms with van der Waals surface area (Å²) in [5, 5.41) is 12.8. The first-order chi connectivity index (χ1) is 16.0. The minimum atomic E-state index is -4.75. The van der Waals surface area contributed by atoms with Crippen LogP contribution in [-0.2, 0) is 11.3 Å². The molecule has 0 radical (unpaired) electrons. The Morgan fingerprint density at radius 2 is 1.65 bits per heavy atom. The number of nitrogens with one attached hydrogen (secondary N) is 1. The molecule has 2 heterocycles. The molecule has 1 aliphatic heterocycles. The first kappa shape index (κ1) is 23.1. The van der Waals surface area contributed by atoms with Gasteiger partial charge < -0.3 is 24.6 Å². The second-order valence-corrected chi connectivity index (χ2v) is 7.62. The fourth-order valence-electron chi connectivity index (χ4n) is 3.56. The first-order valence-corrected chi connectivity index (χ1v) is 10.0. The molecule has 1 aliphatic rings. The maximum atomic E-state index is 12.6. The van der Waals surface area contributed by atoms with Crippen LogP contribution in [0.25, 0.3) is 11.1 Å². The summed E-state index contributed by atoms with van der Waals surface area (Å²) in [6.45, 7) is -0.172. The number of halogens is 3. The number of hydrogen-bond donors (Lipinski definition) is 2. The zero-order valence-corrected chi connectivity index (χ0v) is 18.1. The Bertz CT molecular complexity index is 1210. The van der Waals surface area contributed by atoms with Crippen LogP contribution in [0.15, 0.2) is 54.9 Å². The van der Waals surface area contributed by atoms with E-state index in [0.717, 1.165) is 10.5 Å². The molecule has 178 valence electrons. The van der Waals surface area contributed by atoms with Gasteiger partial charge in [0.25, 0.3) is 5.91 Å². The number of anilines is 2. The maximum Gasteiger partial charge on any atom is 0.573 e. The SMILES string of the molecule is CN1C(=O)c2c(ncn2CC(=O)Nc2ccc(-c3ccc(OC(F)(F)F)cc3)cc2)N(C)C1O. The smallest absolute Gasteiger partial charge is 0.406 e. The summed E-state index contributed by atoms with van der Waals surface area (Å²) in [7, 11) is 3.03. The van der Waals surface area contributed by atoms with Gasteiger partial charge in [-0.25, -0.2) is 4.98 Å². The number of nitrogens with zero attached hydrogens (tertiary/aromatic N) is 4. The number of amides is 2. The highest BCUT2D eigenvalue weighted by Crippen LogP contribution is 2.28. The summed E-state index contributed by atoms with van der Waals surface area (Å²) >= 11 is 0. The van der Waals surface area contributed by atoms with Crippen molar-refractivity contribution in [3.63, 3.8) is 0 Å². The summed E-state index contributed by atoms with van der Waals surface area (Å²) in [5.41, 5.74) is 2.09. The number of aromatic nitrogens is 2. The number of ether oxygens (including phenoxy) is 1. The largest absolute Gasteiger partial charge is 0.573 e. The van der Waals surface area contributed by atoms with Crippen molar-refractivity contribution in [3.05, 3.63) is 60.6 Å². The van der Waals surface area contributed by atoms with Gasteiger partial charge in [-0.1, -0.05) is 24.3 Å². The van der Waals surface area contributed by atoms with Crippen LogP contribution in [0.2, 0.25) is 0 Å². The summed E-state index contributed by atoms with van der Waals surface area (Å²) < 4.78 is 42.1. The standard InChI is InChI=1S/C22H20F3N5O4/c1-28-19-18(20(32)29(2)21(28)33)30(12-26-19)11-17(31)27-15-7-3-13(4-8-15)14-5-9-16(10-6-14)34-22(23,24)25/h3-10,12,21,33H,11H2,1-2H3,(H,27,31). The number of aliphatic hydroxyl groups is 1. The lowest BCUT2D eigenvalue weighted by Gasteiger charge is -2.36. The minimum absolute atomic E-state index is 0.172. The normalized spacial score (nSPS) is 15.8. The summed E-state index contributed by atoms with van der Waals surface area (Å²) in [4.78, 5) is 31.8. The Balaban J connectivity index is 1.42. The quantitative estimate of drug-likeness (QED) is 0.589. The highest BCUT2D eigenvalue weighted by Gasteiger charge is 2.36. The number of imidazole rings is 1. The van der Waals surface area contributed by atoms with E-state index in [4.69, 9.17) is 0 Å². The zero-order chi connectivity index (χ0) is 24.6. The van der Waals surface area contributed by atoms with Gasteiger partial charge in [-0.3, -0.25) is 14.5 Å². The third-order valence-corrected chi connectivity index (χ3v) is 5.27. The van der Waals surface area contributed by atoms with Crippen molar-refractivity contribution in [1.82, 2.24) is 14.5 Å². The topological polar surface area (TPSA) is 99.9 Å². The summed E-state index contributed by atoms with van der Waals surface area (Å²) in [5.74, 6) is -0.889. The van der Waals surface area contributed by atoms with Crippen molar-refractivity contribution in [1.29, 1.82) is 0 Å². The van der Waals surface area contributed by atoms with Crippen LogP contribution < -0.4 is 15.0 Å². The molecule has 1 unspecified atom stereocenters. The molecule has 0 bridgehead atoms. The molecule has 34 heavy (non-hydrogen) atoms. The third kappa shape index (κ3) is 4.66. The maximum absolute atomic E-state index is 12.6. The average molecular weight is 475 g/mol. The molecule has 0 aliphatic carbocycles. The predicted octanol–water partition coefficient (Wildman–Crippen LogP) is 2.89. The van der Waals surface area contributed by atoms with Crippen molar-refractivity contribution < 1.29 is 32.6 Å². The van der Waals surface area contributed by atoms with Crippen molar-refractivity contribution in [2.45, 2.75) is 19.3 Å². The second kappa shape index (κ2) is 8.71. The molecule has 0 saturated carbocycles. The Morgan fingerprint density at radius 3 is 2.24 bits per heavy atom. The second-order valence-electron chi connectivity index (χ2n) is 7.62. The van der Waals surface area contributed by atoms with Gasteiger partial charge in [0.05, 0.1) is 6.33 Å². The number of carbonyl (C=O) groups is 2. The highest BCUT2D eigenvalue weighted by atomic mass is 19.4. The lowest BCUT2D eigenvalue weighted by molar-refractivity contribution is -0.274. The van der Waals surface area contributed by atoms with Crippen LogP contribution in [0, 0.1) is 0 Å². The molecule has 12 heteroatoms. The molecule has 1 aromatic heterocycles. The van der Waals surface area contributed by atoms with Gasteiger partial charge in [-0.15, -0.1) is 13.2 Å². The van der Waals surface area contributed by atoms with Crippen molar-refractivity contribution >= 4 is 23.3 Å². The van der Waals surface area contributed by atoms with E-state index in [9.17, 15) is 27.9 Å². The van der Waals surface area contributed by atoms with Gasteiger partial charge in [0.15, 0.2) is 11.5 Å². The molecule has 3 aromatic rings. The zero-order valence-electron chi connectivity index (χ0n) is 18.1. The average Bonchev–Trinajstić information content (AvgIpc) is 3.20. The third-order valence-electron chi connectivity index (χ3n) is 5.27. The Kier molecular flexibility index (Phi) is 5.92. The molecule has 0 saturated heterocycles. The van der Waals surface area contributed by atoms with Crippen molar-refractivity contribution in [3.8, 4) is 16.9 Å². The van der Waals surface area contributed by atoms with Crippen LogP contribution in [0.5, 0.6) is 5.75 Å². The van der Waals surface area contributed by atoms with Crippen LogP contribution in [0.3, 0.4) is 0 Å². The molecule has 2 amide bonds. The molecule has 0 fully saturated rings.